The number of hydrogen-bond acceptors (Lipinski definition) is 6. The van der Waals surface area contributed by atoms with Crippen LogP contribution in [0.1, 0.15) is 252 Å². The molecule has 0 aliphatic rings. The average molecular weight is 1140 g/mol. The van der Waals surface area contributed by atoms with Gasteiger partial charge in [0.2, 0.25) is 0 Å². The Morgan fingerprint density at radius 1 is 0.241 bits per heavy atom. The molecule has 0 aromatic carbocycles. The number of carbonyl (C=O) groups excluding carboxylic acids is 3. The highest BCUT2D eigenvalue weighted by Gasteiger charge is 2.19. The summed E-state index contributed by atoms with van der Waals surface area (Å²) in [5, 5.41) is 0. The van der Waals surface area contributed by atoms with Crippen molar-refractivity contribution in [2.24, 2.45) is 0 Å². The third kappa shape index (κ3) is 66.9. The second kappa shape index (κ2) is 68.7. The first-order chi connectivity index (χ1) is 41.0. The SMILES string of the molecule is CC/C=C\C/C=C\C/C=C\C/C=C\C/C=C\C/C=C\CCCCCCCCC(=O)OCC(COC(=O)CCC/C=C\C/C=C\C/C=C\C/C=C\C/C=C\CC)OC(=O)CCCCCCCCC/C=C\C/C=C\C/C=C\C/C=C\C/C=C\CC. The molecular formula is C77H118O6. The Bertz CT molecular complexity index is 1990. The lowest BCUT2D eigenvalue weighted by atomic mass is 10.1. The maximum Gasteiger partial charge on any atom is 0.306 e. The van der Waals surface area contributed by atoms with Crippen molar-refractivity contribution >= 4 is 17.9 Å². The first-order valence-corrected chi connectivity index (χ1v) is 32.9. The molecule has 0 aliphatic heterocycles. The Morgan fingerprint density at radius 2 is 0.446 bits per heavy atom. The lowest BCUT2D eigenvalue weighted by molar-refractivity contribution is -0.167. The maximum atomic E-state index is 12.9. The second-order valence-electron chi connectivity index (χ2n) is 20.9. The van der Waals surface area contributed by atoms with Gasteiger partial charge in [0.15, 0.2) is 6.10 Å². The van der Waals surface area contributed by atoms with Crippen LogP contribution in [0.4, 0.5) is 0 Å². The second-order valence-corrected chi connectivity index (χ2v) is 20.9. The Kier molecular flexibility index (Phi) is 64.0. The molecule has 0 radical (unpaired) electrons. The fourth-order valence-electron chi connectivity index (χ4n) is 8.27. The minimum Gasteiger partial charge on any atom is -0.462 e. The molecule has 1 unspecified atom stereocenters. The Hall–Kier alpha value is -5.75. The van der Waals surface area contributed by atoms with Gasteiger partial charge in [-0.15, -0.1) is 0 Å². The van der Waals surface area contributed by atoms with Gasteiger partial charge in [-0.3, -0.25) is 14.4 Å². The predicted molar refractivity (Wildman–Crippen MR) is 361 cm³/mol. The van der Waals surface area contributed by atoms with Crippen molar-refractivity contribution in [3.05, 3.63) is 194 Å². The number of hydrogen-bond donors (Lipinski definition) is 0. The van der Waals surface area contributed by atoms with E-state index in [0.717, 1.165) is 173 Å². The van der Waals surface area contributed by atoms with Gasteiger partial charge in [0, 0.05) is 19.3 Å². The zero-order valence-electron chi connectivity index (χ0n) is 52.9. The van der Waals surface area contributed by atoms with E-state index in [1.807, 2.05) is 0 Å². The molecule has 0 aromatic heterocycles. The van der Waals surface area contributed by atoms with Crippen LogP contribution < -0.4 is 0 Å². The van der Waals surface area contributed by atoms with Crippen LogP contribution in [0.15, 0.2) is 194 Å². The van der Waals surface area contributed by atoms with Crippen molar-refractivity contribution in [2.45, 2.75) is 258 Å². The molecule has 6 nitrogen and oxygen atoms in total. The minimum atomic E-state index is -0.828. The molecule has 0 N–H and O–H groups in total. The van der Waals surface area contributed by atoms with E-state index in [1.54, 1.807) is 0 Å². The quantitative estimate of drug-likeness (QED) is 0.0261. The summed E-state index contributed by atoms with van der Waals surface area (Å²) in [5.74, 6) is -1.01. The van der Waals surface area contributed by atoms with Gasteiger partial charge in [0.05, 0.1) is 0 Å². The van der Waals surface area contributed by atoms with E-state index in [-0.39, 0.29) is 44.0 Å². The lowest BCUT2D eigenvalue weighted by Gasteiger charge is -2.18. The van der Waals surface area contributed by atoms with Gasteiger partial charge in [-0.2, -0.15) is 0 Å². The van der Waals surface area contributed by atoms with Crippen molar-refractivity contribution in [3.8, 4) is 0 Å². The predicted octanol–water partition coefficient (Wildman–Crippen LogP) is 23.0. The maximum absolute atomic E-state index is 12.9. The summed E-state index contributed by atoms with van der Waals surface area (Å²) < 4.78 is 16.9. The molecular weight excluding hydrogens is 1020 g/mol. The van der Waals surface area contributed by atoms with Crippen LogP contribution in [0.25, 0.3) is 0 Å². The van der Waals surface area contributed by atoms with Crippen molar-refractivity contribution in [1.29, 1.82) is 0 Å². The van der Waals surface area contributed by atoms with Gasteiger partial charge >= 0.3 is 17.9 Å². The molecule has 0 bridgehead atoms. The Labute approximate surface area is 509 Å². The van der Waals surface area contributed by atoms with Crippen LogP contribution in [0.5, 0.6) is 0 Å². The molecule has 0 saturated carbocycles. The topological polar surface area (TPSA) is 78.9 Å². The standard InChI is InChI=1S/C77H118O6/c1-4-7-10-13-16-19-22-25-28-31-33-35-37-38-40-41-43-46-49-52-55-58-61-64-67-70-76(79)82-73-74(72-81-75(78)69-66-63-60-57-54-51-48-45-30-27-24-21-18-15-12-9-6-3)83-77(80)71-68-65-62-59-56-53-50-47-44-42-39-36-34-32-29-26-23-20-17-14-11-8-5-2/h7-12,16-21,25-30,33-36,38,40,42-44,46,48,51,57,60,74H,4-6,13-15,22-24,31-32,37,39,41,45,47,49-50,52-56,58-59,61-73H2,1-3H3/b10-7-,11-8-,12-9-,19-16-,20-17-,21-18-,28-25-,29-26-,30-27-,35-33-,36-34-,40-38-,44-42-,46-43-,51-48-,60-57-. The molecule has 1 atom stereocenters. The highest BCUT2D eigenvalue weighted by atomic mass is 16.6. The molecule has 462 valence electrons. The third-order valence-corrected chi connectivity index (χ3v) is 13.1. The van der Waals surface area contributed by atoms with Gasteiger partial charge in [-0.1, -0.05) is 273 Å². The van der Waals surface area contributed by atoms with Crippen LogP contribution in [0, 0.1) is 0 Å². The van der Waals surface area contributed by atoms with Crippen LogP contribution in [-0.2, 0) is 28.6 Å². The number of rotatable bonds is 57. The van der Waals surface area contributed by atoms with Gasteiger partial charge < -0.3 is 14.2 Å². The van der Waals surface area contributed by atoms with E-state index in [2.05, 4.69) is 215 Å². The molecule has 0 heterocycles. The van der Waals surface area contributed by atoms with Crippen LogP contribution in [-0.4, -0.2) is 37.2 Å². The number of unbranched alkanes of at least 4 members (excludes halogenated alkanes) is 14. The van der Waals surface area contributed by atoms with E-state index >= 15 is 0 Å². The summed E-state index contributed by atoms with van der Waals surface area (Å²) in [4.78, 5) is 38.4. The highest BCUT2D eigenvalue weighted by molar-refractivity contribution is 5.71. The number of esters is 3. The van der Waals surface area contributed by atoms with Crippen molar-refractivity contribution in [1.82, 2.24) is 0 Å². The van der Waals surface area contributed by atoms with E-state index in [4.69, 9.17) is 14.2 Å². The molecule has 0 fully saturated rings. The zero-order chi connectivity index (χ0) is 59.9. The van der Waals surface area contributed by atoms with Crippen molar-refractivity contribution in [3.63, 3.8) is 0 Å². The zero-order valence-corrected chi connectivity index (χ0v) is 52.9. The number of allylic oxidation sites excluding steroid dienone is 32. The highest BCUT2D eigenvalue weighted by Crippen LogP contribution is 2.14. The fraction of sp³-hybridized carbons (Fsp3) is 0.545. The normalized spacial score (nSPS) is 13.4. The average Bonchev–Trinajstić information content (AvgIpc) is 3.49. The lowest BCUT2D eigenvalue weighted by Crippen LogP contribution is -2.30. The summed E-state index contributed by atoms with van der Waals surface area (Å²) in [7, 11) is 0. The smallest absolute Gasteiger partial charge is 0.306 e. The van der Waals surface area contributed by atoms with E-state index in [9.17, 15) is 14.4 Å². The first kappa shape index (κ1) is 77.2. The Balaban J connectivity index is 4.54. The summed E-state index contributed by atoms with van der Waals surface area (Å²) in [5.41, 5.74) is 0. The van der Waals surface area contributed by atoms with Gasteiger partial charge in [0.1, 0.15) is 13.2 Å². The van der Waals surface area contributed by atoms with Crippen LogP contribution in [0.3, 0.4) is 0 Å². The monoisotopic (exact) mass is 1140 g/mol. The molecule has 0 rings (SSSR count). The number of carbonyl (C=O) groups is 3. The van der Waals surface area contributed by atoms with Crippen LogP contribution >= 0.6 is 0 Å². The van der Waals surface area contributed by atoms with Crippen molar-refractivity contribution < 1.29 is 28.6 Å². The molecule has 0 amide bonds. The van der Waals surface area contributed by atoms with Crippen LogP contribution in [0.2, 0.25) is 0 Å². The molecule has 6 heteroatoms. The Morgan fingerprint density at radius 3 is 0.723 bits per heavy atom. The van der Waals surface area contributed by atoms with Gasteiger partial charge in [-0.25, -0.2) is 0 Å². The van der Waals surface area contributed by atoms with Gasteiger partial charge in [-0.05, 0) is 154 Å². The number of ether oxygens (including phenoxy) is 3. The largest absolute Gasteiger partial charge is 0.462 e. The molecule has 0 saturated heterocycles. The summed E-state index contributed by atoms with van der Waals surface area (Å²) in [6, 6.07) is 0. The van der Waals surface area contributed by atoms with Gasteiger partial charge in [0.25, 0.3) is 0 Å². The summed E-state index contributed by atoms with van der Waals surface area (Å²) >= 11 is 0. The van der Waals surface area contributed by atoms with E-state index in [0.29, 0.717) is 12.8 Å². The molecule has 0 spiro atoms. The molecule has 83 heavy (non-hydrogen) atoms. The molecule has 0 aliphatic carbocycles. The fourth-order valence-corrected chi connectivity index (χ4v) is 8.27. The first-order valence-electron chi connectivity index (χ1n) is 32.9. The third-order valence-electron chi connectivity index (χ3n) is 13.1. The minimum absolute atomic E-state index is 0.119. The van der Waals surface area contributed by atoms with E-state index < -0.39 is 6.10 Å². The summed E-state index contributed by atoms with van der Waals surface area (Å²) in [6.07, 6.45) is 104. The molecule has 0 aromatic rings. The van der Waals surface area contributed by atoms with E-state index in [1.165, 1.54) is 32.1 Å². The van der Waals surface area contributed by atoms with Crippen molar-refractivity contribution in [2.75, 3.05) is 13.2 Å². The summed E-state index contributed by atoms with van der Waals surface area (Å²) in [6.45, 7) is 6.22.